The Morgan fingerprint density at radius 1 is 1.23 bits per heavy atom. The number of hydrogen-bond donors (Lipinski definition) is 1. The van der Waals surface area contributed by atoms with Crippen molar-refractivity contribution in [2.45, 2.75) is 26.2 Å². The molecule has 22 heavy (non-hydrogen) atoms. The highest BCUT2D eigenvalue weighted by Gasteiger charge is 2.19. The zero-order valence-electron chi connectivity index (χ0n) is 12.7. The van der Waals surface area contributed by atoms with Crippen LogP contribution < -0.4 is 5.32 Å². The first-order valence-electron chi connectivity index (χ1n) is 7.40. The molecule has 3 aromatic rings. The summed E-state index contributed by atoms with van der Waals surface area (Å²) in [6.07, 6.45) is 0.764. The van der Waals surface area contributed by atoms with Crippen LogP contribution in [0.15, 0.2) is 48.5 Å². The van der Waals surface area contributed by atoms with Gasteiger partial charge < -0.3 is 5.32 Å². The number of fused-ring (bicyclic) bond motifs is 1. The van der Waals surface area contributed by atoms with Gasteiger partial charge in [-0.15, -0.1) is 0 Å². The number of amides is 1. The number of thiazole rings is 1. The predicted octanol–water partition coefficient (Wildman–Crippen LogP) is 4.74. The van der Waals surface area contributed by atoms with Crippen molar-refractivity contribution in [1.29, 1.82) is 0 Å². The van der Waals surface area contributed by atoms with Gasteiger partial charge in [0.15, 0.2) is 5.13 Å². The van der Waals surface area contributed by atoms with E-state index >= 15 is 0 Å². The van der Waals surface area contributed by atoms with Crippen LogP contribution in [0.2, 0.25) is 0 Å². The Labute approximate surface area is 134 Å². The average molecular weight is 310 g/mol. The topological polar surface area (TPSA) is 42.0 Å². The molecule has 1 aromatic heterocycles. The number of carbonyl (C=O) groups is 1. The number of nitrogens with zero attached hydrogens (tertiary/aromatic N) is 1. The largest absolute Gasteiger partial charge is 0.301 e. The summed E-state index contributed by atoms with van der Waals surface area (Å²) in [6, 6.07) is 16.0. The third-order valence-electron chi connectivity index (χ3n) is 3.70. The van der Waals surface area contributed by atoms with Gasteiger partial charge in [0, 0.05) is 0 Å². The number of benzene rings is 2. The Morgan fingerprint density at radius 3 is 2.73 bits per heavy atom. The molecule has 0 radical (unpaired) electrons. The van der Waals surface area contributed by atoms with E-state index < -0.39 is 0 Å². The molecule has 1 atom stereocenters. The van der Waals surface area contributed by atoms with Crippen molar-refractivity contribution in [2.75, 3.05) is 5.32 Å². The number of aryl methyl sites for hydroxylation is 1. The number of rotatable bonds is 4. The highest BCUT2D eigenvalue weighted by Crippen LogP contribution is 2.28. The molecule has 0 unspecified atom stereocenters. The van der Waals surface area contributed by atoms with Gasteiger partial charge in [-0.2, -0.15) is 0 Å². The molecule has 0 aliphatic carbocycles. The summed E-state index contributed by atoms with van der Waals surface area (Å²) >= 11 is 1.52. The van der Waals surface area contributed by atoms with Gasteiger partial charge in [0.25, 0.3) is 0 Å². The van der Waals surface area contributed by atoms with E-state index in [0.717, 1.165) is 22.2 Å². The van der Waals surface area contributed by atoms with E-state index in [0.29, 0.717) is 5.13 Å². The summed E-state index contributed by atoms with van der Waals surface area (Å²) in [5.41, 5.74) is 3.17. The molecule has 2 aromatic carbocycles. The molecule has 0 spiro atoms. The van der Waals surface area contributed by atoms with Gasteiger partial charge in [0.2, 0.25) is 5.91 Å². The third-order valence-corrected chi connectivity index (χ3v) is 4.63. The normalized spacial score (nSPS) is 12.3. The van der Waals surface area contributed by atoms with Crippen LogP contribution in [0.5, 0.6) is 0 Å². The molecule has 0 fully saturated rings. The van der Waals surface area contributed by atoms with E-state index in [1.807, 2.05) is 49.4 Å². The molecule has 0 saturated carbocycles. The molecule has 4 heteroatoms. The summed E-state index contributed by atoms with van der Waals surface area (Å²) in [4.78, 5) is 17.0. The van der Waals surface area contributed by atoms with Crippen molar-refractivity contribution in [3.63, 3.8) is 0 Å². The summed E-state index contributed by atoms with van der Waals surface area (Å²) < 4.78 is 1.10. The van der Waals surface area contributed by atoms with Crippen LogP contribution in [-0.4, -0.2) is 10.9 Å². The molecule has 3 rings (SSSR count). The molecule has 1 heterocycles. The minimum atomic E-state index is -0.144. The fraction of sp³-hybridized carbons (Fsp3) is 0.222. The smallest absolute Gasteiger partial charge is 0.233 e. The molecular formula is C18H18N2OS. The van der Waals surface area contributed by atoms with Crippen LogP contribution in [0.3, 0.4) is 0 Å². The van der Waals surface area contributed by atoms with Crippen LogP contribution in [0.1, 0.15) is 30.4 Å². The quantitative estimate of drug-likeness (QED) is 0.756. The fourth-order valence-corrected chi connectivity index (χ4v) is 3.50. The standard InChI is InChI=1S/C18H18N2OS/c1-3-14(13-7-5-4-6-8-13)17(21)20-18-19-15-10-9-12(2)11-16(15)22-18/h4-11,14H,3H2,1-2H3,(H,19,20,21)/t14-/m0/s1. The van der Waals surface area contributed by atoms with Gasteiger partial charge >= 0.3 is 0 Å². The molecule has 0 bridgehead atoms. The summed E-state index contributed by atoms with van der Waals surface area (Å²) in [6.45, 7) is 4.08. The third kappa shape index (κ3) is 3.02. The van der Waals surface area contributed by atoms with Gasteiger partial charge in [0.1, 0.15) is 0 Å². The summed E-state index contributed by atoms with van der Waals surface area (Å²) in [5.74, 6) is -0.139. The van der Waals surface area contributed by atoms with Crippen LogP contribution in [-0.2, 0) is 4.79 Å². The zero-order valence-corrected chi connectivity index (χ0v) is 13.5. The predicted molar refractivity (Wildman–Crippen MR) is 92.5 cm³/mol. The number of carbonyl (C=O) groups excluding carboxylic acids is 1. The second kappa shape index (κ2) is 6.28. The molecular weight excluding hydrogens is 292 g/mol. The van der Waals surface area contributed by atoms with Crippen molar-refractivity contribution in [3.8, 4) is 0 Å². The Hall–Kier alpha value is -2.20. The lowest BCUT2D eigenvalue weighted by atomic mass is 9.96. The average Bonchev–Trinajstić information content (AvgIpc) is 2.90. The van der Waals surface area contributed by atoms with Gasteiger partial charge in [-0.1, -0.05) is 54.7 Å². The van der Waals surface area contributed by atoms with Crippen LogP contribution in [0.25, 0.3) is 10.2 Å². The van der Waals surface area contributed by atoms with Crippen LogP contribution in [0.4, 0.5) is 5.13 Å². The van der Waals surface area contributed by atoms with E-state index in [-0.39, 0.29) is 11.8 Å². The highest BCUT2D eigenvalue weighted by atomic mass is 32.1. The SMILES string of the molecule is CC[C@H](C(=O)Nc1nc2ccc(C)cc2s1)c1ccccc1. The molecule has 1 amide bonds. The summed E-state index contributed by atoms with van der Waals surface area (Å²) in [7, 11) is 0. The van der Waals surface area contributed by atoms with Crippen LogP contribution >= 0.6 is 11.3 Å². The number of anilines is 1. The molecule has 1 N–H and O–H groups in total. The zero-order chi connectivity index (χ0) is 15.5. The van der Waals surface area contributed by atoms with Crippen molar-refractivity contribution in [3.05, 3.63) is 59.7 Å². The Morgan fingerprint density at radius 2 is 2.00 bits per heavy atom. The number of hydrogen-bond acceptors (Lipinski definition) is 3. The van der Waals surface area contributed by atoms with Gasteiger partial charge in [-0.25, -0.2) is 4.98 Å². The maximum atomic E-state index is 12.5. The maximum absolute atomic E-state index is 12.5. The number of aromatic nitrogens is 1. The van der Waals surface area contributed by atoms with E-state index in [4.69, 9.17) is 0 Å². The first kappa shape index (κ1) is 14.7. The van der Waals surface area contributed by atoms with Crippen molar-refractivity contribution < 1.29 is 4.79 Å². The molecule has 0 saturated heterocycles. The molecule has 3 nitrogen and oxygen atoms in total. The van der Waals surface area contributed by atoms with E-state index in [2.05, 4.69) is 23.3 Å². The van der Waals surface area contributed by atoms with E-state index in [9.17, 15) is 4.79 Å². The van der Waals surface area contributed by atoms with E-state index in [1.54, 1.807) is 0 Å². The van der Waals surface area contributed by atoms with Gasteiger partial charge in [0.05, 0.1) is 16.1 Å². The monoisotopic (exact) mass is 310 g/mol. The van der Waals surface area contributed by atoms with Crippen molar-refractivity contribution in [1.82, 2.24) is 4.98 Å². The Bertz CT molecular complexity index is 795. The molecule has 0 aliphatic heterocycles. The second-order valence-corrected chi connectivity index (χ2v) is 6.38. The highest BCUT2D eigenvalue weighted by molar-refractivity contribution is 7.22. The number of nitrogens with one attached hydrogen (secondary N) is 1. The Kier molecular flexibility index (Phi) is 4.20. The lowest BCUT2D eigenvalue weighted by Gasteiger charge is -2.13. The first-order valence-corrected chi connectivity index (χ1v) is 8.22. The summed E-state index contributed by atoms with van der Waals surface area (Å²) in [5, 5.41) is 3.64. The van der Waals surface area contributed by atoms with E-state index in [1.165, 1.54) is 16.9 Å². The molecule has 0 aliphatic rings. The van der Waals surface area contributed by atoms with Crippen molar-refractivity contribution in [2.24, 2.45) is 0 Å². The molecule has 112 valence electrons. The van der Waals surface area contributed by atoms with Crippen molar-refractivity contribution >= 4 is 32.6 Å². The second-order valence-electron chi connectivity index (χ2n) is 5.35. The maximum Gasteiger partial charge on any atom is 0.233 e. The lowest BCUT2D eigenvalue weighted by Crippen LogP contribution is -2.20. The van der Waals surface area contributed by atoms with Gasteiger partial charge in [-0.05, 0) is 36.6 Å². The minimum absolute atomic E-state index is 0.00415. The fourth-order valence-electron chi connectivity index (χ4n) is 2.54. The first-order chi connectivity index (χ1) is 10.7. The lowest BCUT2D eigenvalue weighted by molar-refractivity contribution is -0.117. The van der Waals surface area contributed by atoms with Gasteiger partial charge in [-0.3, -0.25) is 4.79 Å². The Balaban J connectivity index is 1.82. The van der Waals surface area contributed by atoms with Crippen LogP contribution in [0, 0.1) is 6.92 Å². The minimum Gasteiger partial charge on any atom is -0.301 e.